The second kappa shape index (κ2) is 6.17. The molecule has 1 amide bonds. The van der Waals surface area contributed by atoms with Gasteiger partial charge in [-0.3, -0.25) is 9.78 Å². The zero-order valence-corrected chi connectivity index (χ0v) is 10.0. The van der Waals surface area contributed by atoms with E-state index in [1.54, 1.807) is 29.4 Å². The molecule has 0 spiro atoms. The van der Waals surface area contributed by atoms with E-state index in [4.69, 9.17) is 18.0 Å². The number of rotatable bonds is 5. The standard InChI is InChI=1S/C11H15N3OS/c1-2-6-14(8-10(12)16)11(15)9-4-3-5-13-7-9/h3-5,7H,2,6,8H2,1H3,(H2,12,16). The van der Waals surface area contributed by atoms with Crippen LogP contribution in [0, 0.1) is 0 Å². The molecule has 1 heterocycles. The Morgan fingerprint density at radius 3 is 2.88 bits per heavy atom. The SMILES string of the molecule is CCCN(CC(N)=S)C(=O)c1cccnc1. The van der Waals surface area contributed by atoms with E-state index in [-0.39, 0.29) is 5.91 Å². The van der Waals surface area contributed by atoms with Crippen molar-refractivity contribution in [2.45, 2.75) is 13.3 Å². The van der Waals surface area contributed by atoms with Crippen LogP contribution in [0.5, 0.6) is 0 Å². The van der Waals surface area contributed by atoms with Crippen LogP contribution in [0.3, 0.4) is 0 Å². The van der Waals surface area contributed by atoms with Gasteiger partial charge in [0.2, 0.25) is 0 Å². The fraction of sp³-hybridized carbons (Fsp3) is 0.364. The lowest BCUT2D eigenvalue weighted by molar-refractivity contribution is 0.0779. The summed E-state index contributed by atoms with van der Waals surface area (Å²) in [6.07, 6.45) is 4.05. The molecule has 0 aliphatic rings. The summed E-state index contributed by atoms with van der Waals surface area (Å²) in [5, 5.41) is 0. The van der Waals surface area contributed by atoms with Gasteiger partial charge in [-0.25, -0.2) is 0 Å². The smallest absolute Gasteiger partial charge is 0.255 e. The van der Waals surface area contributed by atoms with Crippen molar-refractivity contribution in [3.05, 3.63) is 30.1 Å². The van der Waals surface area contributed by atoms with E-state index in [0.29, 0.717) is 23.6 Å². The quantitative estimate of drug-likeness (QED) is 0.782. The van der Waals surface area contributed by atoms with Crippen molar-refractivity contribution >= 4 is 23.1 Å². The van der Waals surface area contributed by atoms with Crippen LogP contribution < -0.4 is 5.73 Å². The van der Waals surface area contributed by atoms with Gasteiger partial charge in [0.15, 0.2) is 0 Å². The Labute approximate surface area is 100 Å². The third kappa shape index (κ3) is 3.58. The minimum atomic E-state index is -0.0808. The molecule has 2 N–H and O–H groups in total. The lowest BCUT2D eigenvalue weighted by atomic mass is 10.2. The Morgan fingerprint density at radius 2 is 2.38 bits per heavy atom. The second-order valence-corrected chi connectivity index (χ2v) is 3.96. The number of amides is 1. The number of nitrogens with zero attached hydrogens (tertiary/aromatic N) is 2. The third-order valence-corrected chi connectivity index (χ3v) is 2.17. The Kier molecular flexibility index (Phi) is 4.85. The molecule has 0 aliphatic carbocycles. The van der Waals surface area contributed by atoms with Crippen LogP contribution in [0.2, 0.25) is 0 Å². The van der Waals surface area contributed by atoms with Gasteiger partial charge in [-0.1, -0.05) is 19.1 Å². The Hall–Kier alpha value is -1.49. The first kappa shape index (κ1) is 12.6. The summed E-state index contributed by atoms with van der Waals surface area (Å²) in [4.78, 5) is 17.9. The van der Waals surface area contributed by atoms with Gasteiger partial charge in [0.25, 0.3) is 5.91 Å². The highest BCUT2D eigenvalue weighted by Crippen LogP contribution is 2.03. The zero-order chi connectivity index (χ0) is 12.0. The van der Waals surface area contributed by atoms with Crippen LogP contribution in [0.1, 0.15) is 23.7 Å². The van der Waals surface area contributed by atoms with Crippen LogP contribution in [-0.4, -0.2) is 33.9 Å². The van der Waals surface area contributed by atoms with Crippen molar-refractivity contribution in [3.63, 3.8) is 0 Å². The molecule has 1 rings (SSSR count). The summed E-state index contributed by atoms with van der Waals surface area (Å²) in [5.41, 5.74) is 6.02. The molecule has 0 saturated carbocycles. The average Bonchev–Trinajstić information content (AvgIpc) is 2.28. The maximum atomic E-state index is 12.0. The lowest BCUT2D eigenvalue weighted by Gasteiger charge is -2.21. The van der Waals surface area contributed by atoms with Crippen LogP contribution in [0.4, 0.5) is 0 Å². The summed E-state index contributed by atoms with van der Waals surface area (Å²) < 4.78 is 0. The number of nitrogens with two attached hydrogens (primary N) is 1. The molecule has 0 radical (unpaired) electrons. The van der Waals surface area contributed by atoms with Gasteiger partial charge in [-0.2, -0.15) is 0 Å². The molecule has 4 nitrogen and oxygen atoms in total. The summed E-state index contributed by atoms with van der Waals surface area (Å²) in [6, 6.07) is 3.47. The van der Waals surface area contributed by atoms with E-state index in [1.165, 1.54) is 0 Å². The van der Waals surface area contributed by atoms with E-state index in [1.807, 2.05) is 6.92 Å². The number of carbonyl (C=O) groups excluding carboxylic acids is 1. The van der Waals surface area contributed by atoms with Crippen molar-refractivity contribution in [2.24, 2.45) is 5.73 Å². The zero-order valence-electron chi connectivity index (χ0n) is 9.22. The molecule has 86 valence electrons. The van der Waals surface area contributed by atoms with Gasteiger partial charge in [0, 0.05) is 18.9 Å². The molecule has 1 aromatic heterocycles. The number of thiocarbonyl (C=S) groups is 1. The van der Waals surface area contributed by atoms with Gasteiger partial charge in [0.1, 0.15) is 0 Å². The molecule has 16 heavy (non-hydrogen) atoms. The van der Waals surface area contributed by atoms with Gasteiger partial charge >= 0.3 is 0 Å². The second-order valence-electron chi connectivity index (χ2n) is 3.43. The highest BCUT2D eigenvalue weighted by Gasteiger charge is 2.15. The predicted octanol–water partition coefficient (Wildman–Crippen LogP) is 1.22. The van der Waals surface area contributed by atoms with Gasteiger partial charge in [-0.05, 0) is 18.6 Å². The lowest BCUT2D eigenvalue weighted by Crippen LogP contribution is -2.38. The van der Waals surface area contributed by atoms with E-state index < -0.39 is 0 Å². The number of hydrogen-bond donors (Lipinski definition) is 1. The van der Waals surface area contributed by atoms with Crippen LogP contribution in [-0.2, 0) is 0 Å². The number of hydrogen-bond acceptors (Lipinski definition) is 3. The first-order chi connectivity index (χ1) is 7.65. The van der Waals surface area contributed by atoms with E-state index in [2.05, 4.69) is 4.98 Å². The number of aromatic nitrogens is 1. The molecule has 0 bridgehead atoms. The fourth-order valence-electron chi connectivity index (χ4n) is 1.38. The fourth-order valence-corrected chi connectivity index (χ4v) is 1.54. The minimum Gasteiger partial charge on any atom is -0.392 e. The van der Waals surface area contributed by atoms with Crippen LogP contribution in [0.25, 0.3) is 0 Å². The van der Waals surface area contributed by atoms with E-state index in [9.17, 15) is 4.79 Å². The topological polar surface area (TPSA) is 59.2 Å². The van der Waals surface area contributed by atoms with Crippen molar-refractivity contribution < 1.29 is 4.79 Å². The number of pyridine rings is 1. The number of carbonyl (C=O) groups is 1. The first-order valence-electron chi connectivity index (χ1n) is 5.12. The molecule has 0 unspecified atom stereocenters. The molecule has 5 heteroatoms. The molecule has 0 aliphatic heterocycles. The molecule has 0 atom stereocenters. The maximum absolute atomic E-state index is 12.0. The molecular formula is C11H15N3OS. The van der Waals surface area contributed by atoms with Crippen molar-refractivity contribution in [3.8, 4) is 0 Å². The molecule has 0 saturated heterocycles. The van der Waals surface area contributed by atoms with E-state index in [0.717, 1.165) is 6.42 Å². The van der Waals surface area contributed by atoms with Crippen molar-refractivity contribution in [1.29, 1.82) is 0 Å². The van der Waals surface area contributed by atoms with Crippen LogP contribution in [0.15, 0.2) is 24.5 Å². The molecule has 0 fully saturated rings. The summed E-state index contributed by atoms with van der Waals surface area (Å²) in [7, 11) is 0. The van der Waals surface area contributed by atoms with Gasteiger partial charge in [-0.15, -0.1) is 0 Å². The minimum absolute atomic E-state index is 0.0808. The monoisotopic (exact) mass is 237 g/mol. The molecule has 1 aromatic rings. The largest absolute Gasteiger partial charge is 0.392 e. The summed E-state index contributed by atoms with van der Waals surface area (Å²) >= 11 is 4.82. The van der Waals surface area contributed by atoms with Gasteiger partial charge < -0.3 is 10.6 Å². The van der Waals surface area contributed by atoms with Crippen LogP contribution >= 0.6 is 12.2 Å². The normalized spacial score (nSPS) is 9.81. The van der Waals surface area contributed by atoms with Crippen molar-refractivity contribution in [2.75, 3.05) is 13.1 Å². The highest BCUT2D eigenvalue weighted by molar-refractivity contribution is 7.80. The van der Waals surface area contributed by atoms with Crippen molar-refractivity contribution in [1.82, 2.24) is 9.88 Å². The summed E-state index contributed by atoms with van der Waals surface area (Å²) in [5.74, 6) is -0.0808. The predicted molar refractivity (Wildman–Crippen MR) is 67.2 cm³/mol. The maximum Gasteiger partial charge on any atom is 0.255 e. The Balaban J connectivity index is 2.78. The van der Waals surface area contributed by atoms with Gasteiger partial charge in [0.05, 0.1) is 17.1 Å². The Bertz CT molecular complexity index is 367. The average molecular weight is 237 g/mol. The van der Waals surface area contributed by atoms with E-state index >= 15 is 0 Å². The summed E-state index contributed by atoms with van der Waals surface area (Å²) in [6.45, 7) is 2.96. The Morgan fingerprint density at radius 1 is 1.62 bits per heavy atom. The molecule has 0 aromatic carbocycles. The highest BCUT2D eigenvalue weighted by atomic mass is 32.1. The first-order valence-corrected chi connectivity index (χ1v) is 5.53. The third-order valence-electron chi connectivity index (χ3n) is 2.04. The molecular weight excluding hydrogens is 222 g/mol.